The second-order valence-corrected chi connectivity index (χ2v) is 9.84. The van der Waals surface area contributed by atoms with Crippen LogP contribution in [-0.4, -0.2) is 53.1 Å². The summed E-state index contributed by atoms with van der Waals surface area (Å²) in [5.41, 5.74) is 7.33. The molecule has 1 aliphatic carbocycles. The van der Waals surface area contributed by atoms with E-state index in [0.717, 1.165) is 42.8 Å². The smallest absolute Gasteiger partial charge is 0.261 e. The van der Waals surface area contributed by atoms with E-state index < -0.39 is 0 Å². The number of nitrogen functional groups attached to an aromatic ring is 1. The average molecular weight is 508 g/mol. The number of fused-ring (bicyclic) bond motifs is 1. The van der Waals surface area contributed by atoms with Crippen molar-refractivity contribution in [3.05, 3.63) is 44.6 Å². The molecule has 1 unspecified atom stereocenters. The maximum absolute atomic E-state index is 12.4. The summed E-state index contributed by atoms with van der Waals surface area (Å²) in [7, 11) is 0. The topological polar surface area (TPSA) is 93.4 Å². The molecule has 0 aromatic carbocycles. The molecule has 0 bridgehead atoms. The van der Waals surface area contributed by atoms with Gasteiger partial charge >= 0.3 is 0 Å². The van der Waals surface area contributed by atoms with Crippen LogP contribution in [0.2, 0.25) is 0 Å². The molecule has 10 heteroatoms. The molecule has 2 aromatic rings. The molecule has 0 spiro atoms. The molecular weight excluding hydrogens is 481 g/mol. The number of aromatic nitrogens is 2. The summed E-state index contributed by atoms with van der Waals surface area (Å²) in [4.78, 5) is 24.7. The molecule has 0 saturated carbocycles. The van der Waals surface area contributed by atoms with Crippen LogP contribution in [0.25, 0.3) is 15.8 Å². The Kier molecular flexibility index (Phi) is 7.58. The molecule has 33 heavy (non-hydrogen) atoms. The third-order valence-corrected chi connectivity index (χ3v) is 7.47. The number of nitrogens with zero attached hydrogens (tertiary/aromatic N) is 3. The maximum Gasteiger partial charge on any atom is 0.261 e. The van der Waals surface area contributed by atoms with Crippen molar-refractivity contribution in [3.8, 4) is 0 Å². The van der Waals surface area contributed by atoms with Crippen LogP contribution in [0.1, 0.15) is 48.5 Å². The first-order valence-electron chi connectivity index (χ1n) is 11.1. The number of carbonyl (C=O) groups excluding carboxylic acids is 1. The van der Waals surface area contributed by atoms with Crippen LogP contribution in [0.3, 0.4) is 0 Å². The molecular formula is C23H27Cl2N5O2S. The fourth-order valence-electron chi connectivity index (χ4n) is 4.01. The van der Waals surface area contributed by atoms with E-state index in [1.807, 2.05) is 19.1 Å². The average Bonchev–Trinajstić information content (AvgIpc) is 3.42. The zero-order valence-corrected chi connectivity index (χ0v) is 21.0. The number of ether oxygens (including phenoxy) is 1. The van der Waals surface area contributed by atoms with Gasteiger partial charge in [0.05, 0.1) is 15.6 Å². The largest absolute Gasteiger partial charge is 0.492 e. The highest BCUT2D eigenvalue weighted by Gasteiger charge is 2.25. The van der Waals surface area contributed by atoms with Gasteiger partial charge in [0.15, 0.2) is 0 Å². The minimum Gasteiger partial charge on any atom is -0.492 e. The molecule has 1 saturated heterocycles. The minimum atomic E-state index is -0.151. The molecule has 7 nitrogen and oxygen atoms in total. The van der Waals surface area contributed by atoms with Crippen molar-refractivity contribution in [2.24, 2.45) is 0 Å². The molecule has 3 heterocycles. The number of allylic oxidation sites excluding steroid dienone is 5. The van der Waals surface area contributed by atoms with Crippen LogP contribution in [0.5, 0.6) is 0 Å². The van der Waals surface area contributed by atoms with Gasteiger partial charge in [-0.15, -0.1) is 11.3 Å². The summed E-state index contributed by atoms with van der Waals surface area (Å²) in [6.45, 7) is 7.52. The van der Waals surface area contributed by atoms with Crippen LogP contribution in [0, 0.1) is 0 Å². The van der Waals surface area contributed by atoms with Crippen molar-refractivity contribution in [1.29, 1.82) is 0 Å². The second kappa shape index (κ2) is 10.4. The Morgan fingerprint density at radius 1 is 1.30 bits per heavy atom. The van der Waals surface area contributed by atoms with Crippen molar-refractivity contribution in [2.45, 2.75) is 39.2 Å². The number of carbonyl (C=O) groups is 1. The summed E-state index contributed by atoms with van der Waals surface area (Å²) >= 11 is 14.5. The van der Waals surface area contributed by atoms with Crippen molar-refractivity contribution in [3.63, 3.8) is 0 Å². The maximum atomic E-state index is 12.4. The van der Waals surface area contributed by atoms with Gasteiger partial charge in [0.1, 0.15) is 16.7 Å². The highest BCUT2D eigenvalue weighted by Crippen LogP contribution is 2.37. The lowest BCUT2D eigenvalue weighted by molar-refractivity contribution is 0.0960. The number of hydrogen-bond acceptors (Lipinski definition) is 7. The van der Waals surface area contributed by atoms with E-state index in [4.69, 9.17) is 33.7 Å². The number of likely N-dealkylation sites (tertiary alicyclic amines) is 1. The molecule has 1 fully saturated rings. The predicted molar refractivity (Wildman–Crippen MR) is 135 cm³/mol. The monoisotopic (exact) mass is 507 g/mol. The SMILES string of the molecule is CCNC(=O)c1cc2c(C3=CC/C(OC4CCN(CC)C4)=C(/Cl)C/C=C\3Cl)nc(N)nc2s1. The Hall–Kier alpha value is -2.13. The number of nitrogens with one attached hydrogen (secondary N) is 1. The summed E-state index contributed by atoms with van der Waals surface area (Å²) in [5, 5.41) is 4.73. The number of amides is 1. The second-order valence-electron chi connectivity index (χ2n) is 7.95. The number of rotatable bonds is 6. The summed E-state index contributed by atoms with van der Waals surface area (Å²) in [6.07, 6.45) is 5.88. The van der Waals surface area contributed by atoms with Crippen molar-refractivity contribution < 1.29 is 9.53 Å². The fourth-order valence-corrected chi connectivity index (χ4v) is 5.41. The van der Waals surface area contributed by atoms with E-state index in [2.05, 4.69) is 27.1 Å². The van der Waals surface area contributed by atoms with Gasteiger partial charge in [-0.3, -0.25) is 9.69 Å². The number of halogens is 2. The number of hydrogen-bond donors (Lipinski definition) is 2. The van der Waals surface area contributed by atoms with Gasteiger partial charge in [0.25, 0.3) is 5.91 Å². The van der Waals surface area contributed by atoms with Crippen LogP contribution in [-0.2, 0) is 4.74 Å². The van der Waals surface area contributed by atoms with Crippen molar-refractivity contribution >= 4 is 62.2 Å². The first-order valence-corrected chi connectivity index (χ1v) is 12.6. The lowest BCUT2D eigenvalue weighted by Crippen LogP contribution is -2.23. The van der Waals surface area contributed by atoms with E-state index in [1.165, 1.54) is 11.3 Å². The van der Waals surface area contributed by atoms with E-state index in [-0.39, 0.29) is 18.0 Å². The summed E-state index contributed by atoms with van der Waals surface area (Å²) in [5.74, 6) is 0.732. The van der Waals surface area contributed by atoms with E-state index in [0.29, 0.717) is 44.9 Å². The number of anilines is 1. The van der Waals surface area contributed by atoms with Gasteiger partial charge in [-0.05, 0) is 26.0 Å². The molecule has 3 N–H and O–H groups in total. The van der Waals surface area contributed by atoms with Crippen LogP contribution in [0.4, 0.5) is 5.95 Å². The molecule has 1 amide bonds. The molecule has 1 atom stereocenters. The Bertz CT molecular complexity index is 1160. The van der Waals surface area contributed by atoms with E-state index in [1.54, 1.807) is 6.07 Å². The molecule has 176 valence electrons. The standard InChI is InChI=1S/C23H27Cl2N5O2S/c1-3-27-21(31)19-11-15-20(28-23(26)29-22(15)33-19)14-5-8-18(17(25)7-6-16(14)24)32-13-9-10-30(4-2)12-13/h5-6,11,13H,3-4,7-10,12H2,1-2H3,(H,27,31)(H2,26,28,29)/b14-5?,16-6+,18-17-. The van der Waals surface area contributed by atoms with Gasteiger partial charge in [-0.25, -0.2) is 9.97 Å². The Morgan fingerprint density at radius 3 is 2.85 bits per heavy atom. The zero-order chi connectivity index (χ0) is 23.5. The van der Waals surface area contributed by atoms with Crippen LogP contribution in [0.15, 0.2) is 34.0 Å². The minimum absolute atomic E-state index is 0.127. The highest BCUT2D eigenvalue weighted by atomic mass is 35.5. The lowest BCUT2D eigenvalue weighted by atomic mass is 10.0. The molecule has 2 aliphatic rings. The Labute approximate surface area is 207 Å². The van der Waals surface area contributed by atoms with Gasteiger partial charge < -0.3 is 15.8 Å². The molecule has 1 aliphatic heterocycles. The first-order chi connectivity index (χ1) is 15.9. The fraction of sp³-hybridized carbons (Fsp3) is 0.435. The van der Waals surface area contributed by atoms with E-state index in [9.17, 15) is 4.79 Å². The Morgan fingerprint density at radius 2 is 2.12 bits per heavy atom. The first kappa shape index (κ1) is 24.0. The van der Waals surface area contributed by atoms with Gasteiger partial charge in [-0.1, -0.05) is 42.3 Å². The van der Waals surface area contributed by atoms with Gasteiger partial charge in [0, 0.05) is 48.5 Å². The Balaban J connectivity index is 1.68. The normalized spacial score (nSPS) is 23.6. The molecule has 0 radical (unpaired) electrons. The number of likely N-dealkylation sites (N-methyl/N-ethyl adjacent to an activating group) is 1. The summed E-state index contributed by atoms with van der Waals surface area (Å²) < 4.78 is 6.31. The highest BCUT2D eigenvalue weighted by molar-refractivity contribution is 7.20. The number of nitrogens with two attached hydrogens (primary N) is 1. The third kappa shape index (κ3) is 5.35. The number of thiophene rings is 1. The zero-order valence-electron chi connectivity index (χ0n) is 18.7. The van der Waals surface area contributed by atoms with Crippen molar-refractivity contribution in [2.75, 3.05) is 31.9 Å². The van der Waals surface area contributed by atoms with E-state index >= 15 is 0 Å². The van der Waals surface area contributed by atoms with Crippen molar-refractivity contribution in [1.82, 2.24) is 20.2 Å². The van der Waals surface area contributed by atoms with Crippen LogP contribution >= 0.6 is 34.5 Å². The summed E-state index contributed by atoms with van der Waals surface area (Å²) in [6, 6.07) is 1.79. The van der Waals surface area contributed by atoms with Gasteiger partial charge in [0.2, 0.25) is 5.95 Å². The third-order valence-electron chi connectivity index (χ3n) is 5.72. The quantitative estimate of drug-likeness (QED) is 0.578. The molecule has 4 rings (SSSR count). The van der Waals surface area contributed by atoms with Crippen LogP contribution < -0.4 is 11.1 Å². The van der Waals surface area contributed by atoms with Gasteiger partial charge in [-0.2, -0.15) is 0 Å². The lowest BCUT2D eigenvalue weighted by Gasteiger charge is -2.20. The predicted octanol–water partition coefficient (Wildman–Crippen LogP) is 4.88. The molecule has 2 aromatic heterocycles.